The van der Waals surface area contributed by atoms with Crippen molar-refractivity contribution < 1.29 is 17.9 Å². The van der Waals surface area contributed by atoms with Crippen LogP contribution >= 0.6 is 22.9 Å². The van der Waals surface area contributed by atoms with Crippen molar-refractivity contribution in [2.75, 3.05) is 0 Å². The van der Waals surface area contributed by atoms with Gasteiger partial charge in [0.1, 0.15) is 5.75 Å². The molecule has 0 aliphatic heterocycles. The molecule has 114 valence electrons. The molecule has 8 heteroatoms. The molecule has 0 bridgehead atoms. The minimum absolute atomic E-state index is 0.301. The lowest BCUT2D eigenvalue weighted by Crippen LogP contribution is -2.28. The second kappa shape index (κ2) is 6.23. The third kappa shape index (κ3) is 3.88. The van der Waals surface area contributed by atoms with E-state index in [2.05, 4.69) is 10.2 Å². The number of hydrazine groups is 1. The third-order valence-corrected chi connectivity index (χ3v) is 4.56. The van der Waals surface area contributed by atoms with Crippen LogP contribution in [-0.4, -0.2) is 6.36 Å². The molecule has 0 saturated carbocycles. The average molecular weight is 337 g/mol. The van der Waals surface area contributed by atoms with Crippen LogP contribution < -0.4 is 16.0 Å². The Hall–Kier alpha value is -1.28. The Morgan fingerprint density at radius 3 is 2.62 bits per heavy atom. The topological polar surface area (TPSA) is 47.3 Å². The van der Waals surface area contributed by atoms with Gasteiger partial charge in [0.05, 0.1) is 11.1 Å². The van der Waals surface area contributed by atoms with E-state index in [1.165, 1.54) is 29.5 Å². The third-order valence-electron chi connectivity index (χ3n) is 2.78. The van der Waals surface area contributed by atoms with E-state index in [1.807, 2.05) is 12.3 Å². The summed E-state index contributed by atoms with van der Waals surface area (Å²) in [7, 11) is 0. The molecular weight excluding hydrogens is 325 g/mol. The number of nitrogens with one attached hydrogen (secondary N) is 1. The number of ether oxygens (including phenoxy) is 1. The molecule has 21 heavy (non-hydrogen) atoms. The van der Waals surface area contributed by atoms with Gasteiger partial charge in [-0.05, 0) is 35.6 Å². The molecule has 0 fully saturated rings. The Kier molecular flexibility index (Phi) is 4.77. The molecule has 3 nitrogen and oxygen atoms in total. The van der Waals surface area contributed by atoms with E-state index in [-0.39, 0.29) is 5.75 Å². The van der Waals surface area contributed by atoms with E-state index in [1.54, 1.807) is 6.07 Å². The van der Waals surface area contributed by atoms with Crippen LogP contribution in [0.4, 0.5) is 13.2 Å². The number of nitrogens with two attached hydrogens (primary N) is 1. The number of rotatable bonds is 4. The highest BCUT2D eigenvalue weighted by atomic mass is 35.5. The van der Waals surface area contributed by atoms with Gasteiger partial charge in [-0.15, -0.1) is 24.5 Å². The summed E-state index contributed by atoms with van der Waals surface area (Å²) >= 11 is 7.57. The van der Waals surface area contributed by atoms with E-state index >= 15 is 0 Å². The van der Waals surface area contributed by atoms with Gasteiger partial charge in [-0.3, -0.25) is 5.84 Å². The van der Waals surface area contributed by atoms with Crippen LogP contribution in [0, 0.1) is 6.92 Å². The quantitative estimate of drug-likeness (QED) is 0.651. The van der Waals surface area contributed by atoms with Crippen molar-refractivity contribution in [3.05, 3.63) is 50.7 Å². The number of alkyl halides is 3. The maximum atomic E-state index is 12.3. The largest absolute Gasteiger partial charge is 0.573 e. The normalized spacial score (nSPS) is 13.2. The van der Waals surface area contributed by atoms with Gasteiger partial charge in [0.15, 0.2) is 0 Å². The van der Waals surface area contributed by atoms with Crippen molar-refractivity contribution in [1.29, 1.82) is 0 Å². The number of hydrogen-bond donors (Lipinski definition) is 2. The Bertz CT molecular complexity index is 630. The standard InChI is InChI=1S/C13H12ClF3N2OS/c1-7-6-21-12(10(7)14)11(19-18)8-3-2-4-9(5-8)20-13(15,16)17/h2-6,11,19H,18H2,1H3. The first-order valence-electron chi connectivity index (χ1n) is 5.87. The summed E-state index contributed by atoms with van der Waals surface area (Å²) in [5, 5.41) is 2.41. The zero-order valence-electron chi connectivity index (χ0n) is 10.9. The second-order valence-electron chi connectivity index (χ2n) is 4.32. The van der Waals surface area contributed by atoms with Crippen LogP contribution in [0.25, 0.3) is 0 Å². The van der Waals surface area contributed by atoms with Crippen LogP contribution in [0.5, 0.6) is 5.75 Å². The molecule has 1 atom stereocenters. The lowest BCUT2D eigenvalue weighted by molar-refractivity contribution is -0.274. The van der Waals surface area contributed by atoms with Crippen LogP contribution in [0.1, 0.15) is 22.0 Å². The van der Waals surface area contributed by atoms with Crippen LogP contribution in [-0.2, 0) is 0 Å². The molecule has 1 heterocycles. The SMILES string of the molecule is Cc1csc(C(NN)c2cccc(OC(F)(F)F)c2)c1Cl. The molecular formula is C13H12ClF3N2OS. The molecule has 0 saturated heterocycles. The fraction of sp³-hybridized carbons (Fsp3) is 0.231. The number of aryl methyl sites for hydroxylation is 1. The lowest BCUT2D eigenvalue weighted by atomic mass is 10.1. The van der Waals surface area contributed by atoms with Crippen LogP contribution in [0.3, 0.4) is 0 Å². The molecule has 0 aliphatic rings. The van der Waals surface area contributed by atoms with Gasteiger partial charge in [0.2, 0.25) is 0 Å². The predicted octanol–water partition coefficient (Wildman–Crippen LogP) is 4.16. The monoisotopic (exact) mass is 336 g/mol. The first-order chi connectivity index (χ1) is 9.81. The second-order valence-corrected chi connectivity index (χ2v) is 5.61. The average Bonchev–Trinajstić information content (AvgIpc) is 2.71. The van der Waals surface area contributed by atoms with Gasteiger partial charge in [0, 0.05) is 4.88 Å². The van der Waals surface area contributed by atoms with Gasteiger partial charge >= 0.3 is 6.36 Å². The highest BCUT2D eigenvalue weighted by Gasteiger charge is 2.31. The zero-order valence-corrected chi connectivity index (χ0v) is 12.4. The maximum Gasteiger partial charge on any atom is 0.573 e. The molecule has 1 unspecified atom stereocenters. The summed E-state index contributed by atoms with van der Waals surface area (Å²) in [4.78, 5) is 0.737. The molecule has 0 radical (unpaired) electrons. The predicted molar refractivity (Wildman–Crippen MR) is 76.4 cm³/mol. The van der Waals surface area contributed by atoms with Crippen molar-refractivity contribution >= 4 is 22.9 Å². The zero-order chi connectivity index (χ0) is 15.6. The van der Waals surface area contributed by atoms with Crippen LogP contribution in [0.15, 0.2) is 29.6 Å². The van der Waals surface area contributed by atoms with Gasteiger partial charge < -0.3 is 4.74 Å². The molecule has 2 aromatic rings. The summed E-state index contributed by atoms with van der Waals surface area (Å²) in [6.45, 7) is 1.85. The fourth-order valence-electron chi connectivity index (χ4n) is 1.86. The molecule has 3 N–H and O–H groups in total. The van der Waals surface area contributed by atoms with Gasteiger partial charge in [-0.1, -0.05) is 23.7 Å². The lowest BCUT2D eigenvalue weighted by Gasteiger charge is -2.17. The van der Waals surface area contributed by atoms with Crippen LogP contribution in [0.2, 0.25) is 5.02 Å². The van der Waals surface area contributed by atoms with Crippen molar-refractivity contribution in [1.82, 2.24) is 5.43 Å². The smallest absolute Gasteiger partial charge is 0.406 e. The van der Waals surface area contributed by atoms with Crippen molar-refractivity contribution in [3.8, 4) is 5.75 Å². The highest BCUT2D eigenvalue weighted by molar-refractivity contribution is 7.10. The summed E-state index contributed by atoms with van der Waals surface area (Å²) < 4.78 is 40.7. The Labute approximate surface area is 128 Å². The summed E-state index contributed by atoms with van der Waals surface area (Å²) in [5.41, 5.74) is 3.99. The summed E-state index contributed by atoms with van der Waals surface area (Å²) in [6.07, 6.45) is -4.73. The molecule has 1 aromatic carbocycles. The molecule has 1 aromatic heterocycles. The molecule has 0 amide bonds. The maximum absolute atomic E-state index is 12.3. The molecule has 0 aliphatic carbocycles. The van der Waals surface area contributed by atoms with Crippen molar-refractivity contribution in [2.24, 2.45) is 5.84 Å². The van der Waals surface area contributed by atoms with E-state index in [0.717, 1.165) is 10.4 Å². The van der Waals surface area contributed by atoms with Crippen molar-refractivity contribution in [2.45, 2.75) is 19.3 Å². The Morgan fingerprint density at radius 2 is 2.10 bits per heavy atom. The summed E-state index contributed by atoms with van der Waals surface area (Å²) in [6, 6.07) is 5.12. The number of hydrogen-bond acceptors (Lipinski definition) is 4. The number of benzene rings is 1. The fourth-order valence-corrected chi connectivity index (χ4v) is 3.25. The number of halogens is 4. The Balaban J connectivity index is 2.35. The van der Waals surface area contributed by atoms with Gasteiger partial charge in [0.25, 0.3) is 0 Å². The van der Waals surface area contributed by atoms with E-state index < -0.39 is 12.4 Å². The van der Waals surface area contributed by atoms with E-state index in [0.29, 0.717) is 10.6 Å². The molecule has 0 spiro atoms. The first kappa shape index (κ1) is 16.1. The van der Waals surface area contributed by atoms with E-state index in [4.69, 9.17) is 17.4 Å². The highest BCUT2D eigenvalue weighted by Crippen LogP contribution is 2.36. The van der Waals surface area contributed by atoms with Gasteiger partial charge in [-0.25, -0.2) is 5.43 Å². The van der Waals surface area contributed by atoms with E-state index in [9.17, 15) is 13.2 Å². The van der Waals surface area contributed by atoms with Crippen molar-refractivity contribution in [3.63, 3.8) is 0 Å². The minimum Gasteiger partial charge on any atom is -0.406 e. The molecule has 2 rings (SSSR count). The van der Waals surface area contributed by atoms with Gasteiger partial charge in [-0.2, -0.15) is 0 Å². The summed E-state index contributed by atoms with van der Waals surface area (Å²) in [5.74, 6) is 5.23. The number of thiophene rings is 1. The minimum atomic E-state index is -4.73. The Morgan fingerprint density at radius 1 is 1.38 bits per heavy atom. The first-order valence-corrected chi connectivity index (χ1v) is 7.13.